The first kappa shape index (κ1) is 15.9. The summed E-state index contributed by atoms with van der Waals surface area (Å²) in [6, 6.07) is 5.99. The van der Waals surface area contributed by atoms with Gasteiger partial charge in [0, 0.05) is 0 Å². The molecule has 0 aromatic heterocycles. The van der Waals surface area contributed by atoms with Gasteiger partial charge in [-0.2, -0.15) is 8.42 Å². The minimum atomic E-state index is -4.02. The number of rotatable bonds is 1. The lowest BCUT2D eigenvalue weighted by molar-refractivity contribution is 0.162. The van der Waals surface area contributed by atoms with Gasteiger partial charge in [0.05, 0.1) is 11.0 Å². The molecular weight excluding hydrogens is 264 g/mol. The van der Waals surface area contributed by atoms with Gasteiger partial charge in [-0.15, -0.1) is 0 Å². The summed E-state index contributed by atoms with van der Waals surface area (Å²) in [5.74, 6) is 0. The van der Waals surface area contributed by atoms with Crippen LogP contribution in [0.15, 0.2) is 40.8 Å². The van der Waals surface area contributed by atoms with Crippen LogP contribution in [0.25, 0.3) is 0 Å². The molecule has 1 aromatic carbocycles. The van der Waals surface area contributed by atoms with Crippen molar-refractivity contribution < 1.29 is 18.1 Å². The molecule has 0 saturated heterocycles. The Morgan fingerprint density at radius 2 is 1.74 bits per heavy atom. The summed E-state index contributed by atoms with van der Waals surface area (Å²) in [7, 11) is -4.02. The van der Waals surface area contributed by atoms with Crippen LogP contribution in [-0.4, -0.2) is 24.2 Å². The van der Waals surface area contributed by atoms with Crippen LogP contribution in [-0.2, 0) is 10.1 Å². The van der Waals surface area contributed by atoms with Crippen LogP contribution in [0.5, 0.6) is 0 Å². The van der Waals surface area contributed by atoms with Gasteiger partial charge in [0.15, 0.2) is 0 Å². The molecule has 1 aromatic rings. The Kier molecular flexibility index (Phi) is 5.72. The number of aryl methyl sites for hydroxylation is 1. The minimum Gasteiger partial charge on any atom is -0.393 e. The molecule has 0 saturated carbocycles. The van der Waals surface area contributed by atoms with Crippen molar-refractivity contribution in [3.8, 4) is 0 Å². The highest BCUT2D eigenvalue weighted by Crippen LogP contribution is 2.16. The summed E-state index contributed by atoms with van der Waals surface area (Å²) in [6.07, 6.45) is 4.97. The van der Waals surface area contributed by atoms with Crippen molar-refractivity contribution in [2.24, 2.45) is 0 Å². The molecule has 4 nitrogen and oxygen atoms in total. The molecule has 1 aliphatic rings. The number of hydrogen-bond donors (Lipinski definition) is 2. The van der Waals surface area contributed by atoms with Gasteiger partial charge in [-0.25, -0.2) is 0 Å². The van der Waals surface area contributed by atoms with Crippen LogP contribution in [0, 0.1) is 6.92 Å². The molecule has 0 spiro atoms. The summed E-state index contributed by atoms with van der Waals surface area (Å²) in [5, 5.41) is 8.98. The fourth-order valence-corrected chi connectivity index (χ4v) is 2.14. The first-order chi connectivity index (χ1) is 8.79. The summed E-state index contributed by atoms with van der Waals surface area (Å²) in [4.78, 5) is -0.0666. The van der Waals surface area contributed by atoms with Crippen LogP contribution in [0.2, 0.25) is 0 Å². The van der Waals surface area contributed by atoms with E-state index in [1.165, 1.54) is 17.7 Å². The maximum Gasteiger partial charge on any atom is 0.294 e. The lowest BCUT2D eigenvalue weighted by Gasteiger charge is -2.13. The highest BCUT2D eigenvalue weighted by atomic mass is 32.2. The number of allylic oxidation sites excluding steroid dienone is 1. The van der Waals surface area contributed by atoms with E-state index in [1.54, 1.807) is 12.1 Å². The van der Waals surface area contributed by atoms with Crippen molar-refractivity contribution in [1.82, 2.24) is 0 Å². The number of aliphatic hydroxyl groups is 1. The minimum absolute atomic E-state index is 0.0568. The average molecular weight is 284 g/mol. The van der Waals surface area contributed by atoms with Gasteiger partial charge >= 0.3 is 0 Å². The zero-order valence-corrected chi connectivity index (χ0v) is 12.0. The van der Waals surface area contributed by atoms with E-state index in [0.717, 1.165) is 24.8 Å². The van der Waals surface area contributed by atoms with Crippen molar-refractivity contribution in [3.63, 3.8) is 0 Å². The molecule has 0 amide bonds. The van der Waals surface area contributed by atoms with E-state index in [2.05, 4.69) is 13.0 Å². The molecule has 1 aliphatic carbocycles. The molecule has 106 valence electrons. The van der Waals surface area contributed by atoms with E-state index in [-0.39, 0.29) is 11.0 Å². The summed E-state index contributed by atoms with van der Waals surface area (Å²) >= 11 is 0. The van der Waals surface area contributed by atoms with Gasteiger partial charge in [0.25, 0.3) is 10.1 Å². The molecule has 0 heterocycles. The molecule has 2 N–H and O–H groups in total. The second-order valence-electron chi connectivity index (χ2n) is 4.77. The molecule has 0 fully saturated rings. The van der Waals surface area contributed by atoms with Crippen molar-refractivity contribution in [1.29, 1.82) is 0 Å². The smallest absolute Gasteiger partial charge is 0.294 e. The van der Waals surface area contributed by atoms with Crippen molar-refractivity contribution in [2.45, 2.75) is 44.1 Å². The lowest BCUT2D eigenvalue weighted by Crippen LogP contribution is -2.08. The largest absolute Gasteiger partial charge is 0.393 e. The maximum atomic E-state index is 10.5. The monoisotopic (exact) mass is 284 g/mol. The number of aliphatic hydroxyl groups excluding tert-OH is 1. The van der Waals surface area contributed by atoms with Crippen molar-refractivity contribution >= 4 is 10.1 Å². The van der Waals surface area contributed by atoms with Gasteiger partial charge in [0.2, 0.25) is 0 Å². The molecule has 2 rings (SSSR count). The van der Waals surface area contributed by atoms with Crippen LogP contribution in [0.4, 0.5) is 0 Å². The van der Waals surface area contributed by atoms with Gasteiger partial charge in [-0.3, -0.25) is 4.55 Å². The van der Waals surface area contributed by atoms with E-state index < -0.39 is 10.1 Å². The Balaban J connectivity index is 0.000000200. The lowest BCUT2D eigenvalue weighted by atomic mass is 9.99. The van der Waals surface area contributed by atoms with Crippen LogP contribution >= 0.6 is 0 Å². The third-order valence-electron chi connectivity index (χ3n) is 2.93. The Morgan fingerprint density at radius 3 is 2.11 bits per heavy atom. The number of benzene rings is 1. The van der Waals surface area contributed by atoms with Gasteiger partial charge < -0.3 is 5.11 Å². The molecule has 1 atom stereocenters. The average Bonchev–Trinajstić information content (AvgIpc) is 2.33. The Hall–Kier alpha value is -1.17. The van der Waals surface area contributed by atoms with Gasteiger partial charge in [0.1, 0.15) is 0 Å². The maximum absolute atomic E-state index is 10.5. The summed E-state index contributed by atoms with van der Waals surface area (Å²) in [6.45, 7) is 3.96. The van der Waals surface area contributed by atoms with Crippen LogP contribution < -0.4 is 0 Å². The van der Waals surface area contributed by atoms with Crippen LogP contribution in [0.1, 0.15) is 31.7 Å². The first-order valence-electron chi connectivity index (χ1n) is 6.17. The summed E-state index contributed by atoms with van der Waals surface area (Å²) < 4.78 is 29.6. The first-order valence-corrected chi connectivity index (χ1v) is 7.61. The zero-order valence-electron chi connectivity index (χ0n) is 11.2. The third-order valence-corrected chi connectivity index (χ3v) is 3.80. The molecule has 0 aliphatic heterocycles. The predicted octanol–water partition coefficient (Wildman–Crippen LogP) is 2.72. The fraction of sp³-hybridized carbons (Fsp3) is 0.429. The predicted molar refractivity (Wildman–Crippen MR) is 74.6 cm³/mol. The van der Waals surface area contributed by atoms with E-state index >= 15 is 0 Å². The zero-order chi connectivity index (χ0) is 14.5. The molecule has 0 radical (unpaired) electrons. The Bertz CT molecular complexity index is 529. The van der Waals surface area contributed by atoms with Crippen LogP contribution in [0.3, 0.4) is 0 Å². The van der Waals surface area contributed by atoms with Crippen molar-refractivity contribution in [3.05, 3.63) is 41.5 Å². The number of hydrogen-bond acceptors (Lipinski definition) is 3. The van der Waals surface area contributed by atoms with E-state index in [1.807, 2.05) is 6.92 Å². The van der Waals surface area contributed by atoms with Gasteiger partial charge in [-0.05, 0) is 45.2 Å². The van der Waals surface area contributed by atoms with E-state index in [9.17, 15) is 8.42 Å². The molecule has 19 heavy (non-hydrogen) atoms. The second kappa shape index (κ2) is 6.84. The molecule has 1 unspecified atom stereocenters. The Morgan fingerprint density at radius 1 is 1.16 bits per heavy atom. The normalized spacial score (nSPS) is 19.2. The highest BCUT2D eigenvalue weighted by Gasteiger charge is 2.07. The molecule has 0 bridgehead atoms. The molecular formula is C14H20O4S. The van der Waals surface area contributed by atoms with E-state index in [0.29, 0.717) is 0 Å². The third kappa shape index (κ3) is 6.00. The standard InChI is InChI=1S/C7H8O3S.C7H12O/c1-6-2-4-7(5-3-6)11(8,9)10;1-6-2-4-7(8)5-3-6/h2-5H,1H3,(H,8,9,10);2,7-8H,3-5H2,1H3. The fourth-order valence-electron chi connectivity index (χ4n) is 1.66. The molecule has 5 heteroatoms. The van der Waals surface area contributed by atoms with E-state index in [4.69, 9.17) is 9.66 Å². The Labute approximate surface area is 114 Å². The summed E-state index contributed by atoms with van der Waals surface area (Å²) in [5.41, 5.74) is 2.38. The highest BCUT2D eigenvalue weighted by molar-refractivity contribution is 7.85. The quantitative estimate of drug-likeness (QED) is 0.614. The van der Waals surface area contributed by atoms with Crippen molar-refractivity contribution in [2.75, 3.05) is 0 Å². The SMILES string of the molecule is CC1=CCC(O)CC1.Cc1ccc(S(=O)(=O)O)cc1. The van der Waals surface area contributed by atoms with Gasteiger partial charge in [-0.1, -0.05) is 29.3 Å². The topological polar surface area (TPSA) is 74.6 Å². The second-order valence-corrected chi connectivity index (χ2v) is 6.19.